The van der Waals surface area contributed by atoms with Crippen LogP contribution in [-0.2, 0) is 16.0 Å². The summed E-state index contributed by atoms with van der Waals surface area (Å²) in [6.07, 6.45) is 4.27. The smallest absolute Gasteiger partial charge is 0.193 e. The lowest BCUT2D eigenvalue weighted by molar-refractivity contribution is 0.122. The van der Waals surface area contributed by atoms with Gasteiger partial charge in [0.2, 0.25) is 0 Å². The Kier molecular flexibility index (Phi) is 7.16. The highest BCUT2D eigenvalue weighted by Crippen LogP contribution is 2.38. The van der Waals surface area contributed by atoms with Gasteiger partial charge in [0.1, 0.15) is 5.82 Å². The van der Waals surface area contributed by atoms with Gasteiger partial charge >= 0.3 is 0 Å². The molecule has 8 heteroatoms. The molecule has 4 heterocycles. The van der Waals surface area contributed by atoms with Crippen molar-refractivity contribution >= 4 is 35.8 Å². The van der Waals surface area contributed by atoms with Crippen molar-refractivity contribution in [2.75, 3.05) is 64.6 Å². The SMILES string of the molecule is CN=C(NCc1ccnc(N2CCOCC2)c1)N1CCC2(CCOC2)C1.I. The van der Waals surface area contributed by atoms with Crippen molar-refractivity contribution in [3.8, 4) is 0 Å². The molecule has 3 aliphatic rings. The van der Waals surface area contributed by atoms with Gasteiger partial charge in [-0.15, -0.1) is 24.0 Å². The number of guanidine groups is 1. The Morgan fingerprint density at radius 3 is 2.81 bits per heavy atom. The first kappa shape index (κ1) is 20.6. The Labute approximate surface area is 178 Å². The van der Waals surface area contributed by atoms with Crippen molar-refractivity contribution in [1.29, 1.82) is 0 Å². The predicted molar refractivity (Wildman–Crippen MR) is 117 cm³/mol. The summed E-state index contributed by atoms with van der Waals surface area (Å²) in [4.78, 5) is 13.7. The van der Waals surface area contributed by atoms with Gasteiger partial charge in [0.05, 0.1) is 19.8 Å². The molecule has 150 valence electrons. The molecule has 0 radical (unpaired) electrons. The first-order chi connectivity index (χ1) is 12.8. The number of pyridine rings is 1. The minimum absolute atomic E-state index is 0. The molecular weight excluding hydrogens is 457 g/mol. The van der Waals surface area contributed by atoms with E-state index >= 15 is 0 Å². The maximum Gasteiger partial charge on any atom is 0.193 e. The Morgan fingerprint density at radius 2 is 2.07 bits per heavy atom. The molecule has 0 aliphatic carbocycles. The van der Waals surface area contributed by atoms with Crippen LogP contribution in [0.15, 0.2) is 23.3 Å². The molecule has 3 saturated heterocycles. The Bertz CT molecular complexity index is 645. The highest BCUT2D eigenvalue weighted by molar-refractivity contribution is 14.0. The minimum atomic E-state index is 0. The molecule has 4 rings (SSSR count). The minimum Gasteiger partial charge on any atom is -0.381 e. The highest BCUT2D eigenvalue weighted by atomic mass is 127. The van der Waals surface area contributed by atoms with Crippen LogP contribution in [0.5, 0.6) is 0 Å². The average molecular weight is 487 g/mol. The largest absolute Gasteiger partial charge is 0.381 e. The number of ether oxygens (including phenoxy) is 2. The summed E-state index contributed by atoms with van der Waals surface area (Å²) in [6, 6.07) is 4.24. The van der Waals surface area contributed by atoms with Crippen LogP contribution in [0.1, 0.15) is 18.4 Å². The van der Waals surface area contributed by atoms with E-state index in [0.717, 1.165) is 70.9 Å². The molecule has 0 amide bonds. The monoisotopic (exact) mass is 487 g/mol. The fourth-order valence-corrected chi connectivity index (χ4v) is 4.14. The van der Waals surface area contributed by atoms with E-state index in [0.29, 0.717) is 5.41 Å². The number of likely N-dealkylation sites (tertiary alicyclic amines) is 1. The molecule has 1 aromatic rings. The number of aliphatic imine (C=N–C) groups is 1. The number of halogens is 1. The fraction of sp³-hybridized carbons (Fsp3) is 0.684. The van der Waals surface area contributed by atoms with Crippen LogP contribution in [0.2, 0.25) is 0 Å². The number of morpholine rings is 1. The van der Waals surface area contributed by atoms with Gasteiger partial charge in [-0.25, -0.2) is 4.98 Å². The van der Waals surface area contributed by atoms with Crippen molar-refractivity contribution < 1.29 is 9.47 Å². The summed E-state index contributed by atoms with van der Waals surface area (Å²) in [6.45, 7) is 8.02. The summed E-state index contributed by atoms with van der Waals surface area (Å²) in [7, 11) is 1.87. The van der Waals surface area contributed by atoms with E-state index < -0.39 is 0 Å². The van der Waals surface area contributed by atoms with Gasteiger partial charge in [-0.2, -0.15) is 0 Å². The van der Waals surface area contributed by atoms with Crippen LogP contribution in [0, 0.1) is 5.41 Å². The fourth-order valence-electron chi connectivity index (χ4n) is 4.14. The molecule has 0 aromatic carbocycles. The Hall–Kier alpha value is -1.13. The summed E-state index contributed by atoms with van der Waals surface area (Å²) >= 11 is 0. The first-order valence-electron chi connectivity index (χ1n) is 9.59. The number of nitrogens with one attached hydrogen (secondary N) is 1. The van der Waals surface area contributed by atoms with Crippen LogP contribution in [-0.4, -0.2) is 75.5 Å². The number of aromatic nitrogens is 1. The molecule has 3 fully saturated rings. The van der Waals surface area contributed by atoms with E-state index in [1.807, 2.05) is 13.2 Å². The van der Waals surface area contributed by atoms with Crippen LogP contribution in [0.3, 0.4) is 0 Å². The Balaban J connectivity index is 0.00000210. The molecule has 3 aliphatic heterocycles. The van der Waals surface area contributed by atoms with Crippen LogP contribution in [0.25, 0.3) is 0 Å². The van der Waals surface area contributed by atoms with Crippen LogP contribution in [0.4, 0.5) is 5.82 Å². The zero-order chi connectivity index (χ0) is 17.8. The lowest BCUT2D eigenvalue weighted by atomic mass is 9.87. The van der Waals surface area contributed by atoms with Gasteiger partial charge < -0.3 is 24.6 Å². The van der Waals surface area contributed by atoms with E-state index in [1.165, 1.54) is 18.4 Å². The normalized spacial score (nSPS) is 25.7. The summed E-state index contributed by atoms with van der Waals surface area (Å²) in [5, 5.41) is 3.53. The van der Waals surface area contributed by atoms with Gasteiger partial charge in [-0.3, -0.25) is 4.99 Å². The molecule has 1 unspecified atom stereocenters. The third kappa shape index (κ3) is 4.83. The second-order valence-electron chi connectivity index (χ2n) is 7.50. The van der Waals surface area contributed by atoms with E-state index in [-0.39, 0.29) is 24.0 Å². The second kappa shape index (κ2) is 9.38. The molecule has 7 nitrogen and oxygen atoms in total. The number of hydrogen-bond acceptors (Lipinski definition) is 5. The van der Waals surface area contributed by atoms with Crippen molar-refractivity contribution in [1.82, 2.24) is 15.2 Å². The average Bonchev–Trinajstić information content (AvgIpc) is 3.33. The van der Waals surface area contributed by atoms with E-state index in [2.05, 4.69) is 37.2 Å². The summed E-state index contributed by atoms with van der Waals surface area (Å²) in [5.74, 6) is 2.02. The number of anilines is 1. The van der Waals surface area contributed by atoms with Crippen molar-refractivity contribution in [3.05, 3.63) is 23.9 Å². The predicted octanol–water partition coefficient (Wildman–Crippen LogP) is 1.72. The number of hydrogen-bond donors (Lipinski definition) is 1. The van der Waals surface area contributed by atoms with Crippen molar-refractivity contribution in [3.63, 3.8) is 0 Å². The van der Waals surface area contributed by atoms with E-state index in [9.17, 15) is 0 Å². The highest BCUT2D eigenvalue weighted by Gasteiger charge is 2.42. The molecule has 1 N–H and O–H groups in total. The molecule has 0 bridgehead atoms. The standard InChI is InChI=1S/C19H29N5O2.HI/c1-20-18(24-6-3-19(14-24)4-9-26-15-19)22-13-16-2-5-21-17(12-16)23-7-10-25-11-8-23;/h2,5,12H,3-4,6-11,13-15H2,1H3,(H,20,22);1H. The van der Waals surface area contributed by atoms with Gasteiger partial charge in [0.25, 0.3) is 0 Å². The zero-order valence-corrected chi connectivity index (χ0v) is 18.4. The first-order valence-corrected chi connectivity index (χ1v) is 9.59. The van der Waals surface area contributed by atoms with Gasteiger partial charge in [-0.1, -0.05) is 0 Å². The molecular formula is C19H30IN5O2. The quantitative estimate of drug-likeness (QED) is 0.398. The zero-order valence-electron chi connectivity index (χ0n) is 16.0. The maximum atomic E-state index is 5.64. The topological polar surface area (TPSA) is 62.2 Å². The third-order valence-electron chi connectivity index (χ3n) is 5.73. The molecule has 0 saturated carbocycles. The number of rotatable bonds is 3. The van der Waals surface area contributed by atoms with Gasteiger partial charge in [-0.05, 0) is 30.5 Å². The van der Waals surface area contributed by atoms with Gasteiger partial charge in [0.15, 0.2) is 5.96 Å². The van der Waals surface area contributed by atoms with E-state index in [1.54, 1.807) is 0 Å². The lowest BCUT2D eigenvalue weighted by Gasteiger charge is -2.28. The number of nitrogens with zero attached hydrogens (tertiary/aromatic N) is 4. The molecule has 1 atom stereocenters. The maximum absolute atomic E-state index is 5.64. The summed E-state index contributed by atoms with van der Waals surface area (Å²) < 4.78 is 11.1. The van der Waals surface area contributed by atoms with Gasteiger partial charge in [0, 0.05) is 58.0 Å². The van der Waals surface area contributed by atoms with Crippen molar-refractivity contribution in [2.24, 2.45) is 10.4 Å². The molecule has 1 aromatic heterocycles. The van der Waals surface area contributed by atoms with Crippen molar-refractivity contribution in [2.45, 2.75) is 19.4 Å². The Morgan fingerprint density at radius 1 is 1.22 bits per heavy atom. The second-order valence-corrected chi connectivity index (χ2v) is 7.50. The third-order valence-corrected chi connectivity index (χ3v) is 5.73. The van der Waals surface area contributed by atoms with E-state index in [4.69, 9.17) is 9.47 Å². The molecule has 27 heavy (non-hydrogen) atoms. The van der Waals surface area contributed by atoms with Crippen LogP contribution < -0.4 is 10.2 Å². The lowest BCUT2D eigenvalue weighted by Crippen LogP contribution is -2.41. The molecule has 1 spiro atoms. The summed E-state index contributed by atoms with van der Waals surface area (Å²) in [5.41, 5.74) is 1.57. The van der Waals surface area contributed by atoms with Crippen LogP contribution >= 0.6 is 24.0 Å².